The van der Waals surface area contributed by atoms with Gasteiger partial charge in [-0.25, -0.2) is 4.79 Å². The number of urea groups is 1. The van der Waals surface area contributed by atoms with Crippen molar-refractivity contribution >= 4 is 11.8 Å². The third-order valence-electron chi connectivity index (χ3n) is 14.5. The number of Topliss-reactive ketones (excluding diaryl/α,β-unsaturated/α-hetero) is 1. The first-order valence-electron chi connectivity index (χ1n) is 19.0. The van der Waals surface area contributed by atoms with Crippen LogP contribution in [-0.2, 0) is 4.74 Å². The first-order valence-corrected chi connectivity index (χ1v) is 19.0. The molecule has 274 valence electrons. The minimum atomic E-state index is -1.16. The number of ether oxygens (including phenoxy) is 2. The third kappa shape index (κ3) is 5.50. The topological polar surface area (TPSA) is 108 Å². The van der Waals surface area contributed by atoms with Crippen LogP contribution in [0.25, 0.3) is 0 Å². The summed E-state index contributed by atoms with van der Waals surface area (Å²) in [4.78, 5) is 30.6. The van der Waals surface area contributed by atoms with Gasteiger partial charge in [0.2, 0.25) is 0 Å². The largest absolute Gasteiger partial charge is 0.497 e. The number of aliphatic hydroxyl groups is 2. The van der Waals surface area contributed by atoms with E-state index in [1.165, 1.54) is 0 Å². The van der Waals surface area contributed by atoms with Gasteiger partial charge in [0, 0.05) is 47.6 Å². The molecule has 0 saturated heterocycles. The molecule has 3 N–H and O–H groups in total. The molecule has 2 spiro atoms. The molecule has 9 unspecified atom stereocenters. The molecule has 2 bridgehead atoms. The monoisotopic (exact) mass is 696 g/mol. The number of methoxy groups -OCH3 is 2. The number of nitrogens with one attached hydrogen (secondary N) is 1. The van der Waals surface area contributed by atoms with Gasteiger partial charge >= 0.3 is 6.03 Å². The summed E-state index contributed by atoms with van der Waals surface area (Å²) in [5.74, 6) is 0.903. The molecule has 3 fully saturated rings. The Balaban J connectivity index is 1.25. The molecule has 51 heavy (non-hydrogen) atoms. The average Bonchev–Trinajstić information content (AvgIpc) is 3.41. The van der Waals surface area contributed by atoms with E-state index in [0.29, 0.717) is 43.7 Å². The summed E-state index contributed by atoms with van der Waals surface area (Å²) in [6.07, 6.45) is 12.4. The number of carbonyl (C=O) groups excluding carboxylic acids is 2. The van der Waals surface area contributed by atoms with Crippen molar-refractivity contribution in [3.05, 3.63) is 89.5 Å². The third-order valence-corrected chi connectivity index (χ3v) is 14.5. The lowest BCUT2D eigenvalue weighted by atomic mass is 9.32. The molecule has 0 radical (unpaired) electrons. The number of carbonyl (C=O) groups is 2. The number of benzene rings is 2. The van der Waals surface area contributed by atoms with Crippen LogP contribution in [-0.4, -0.2) is 72.5 Å². The molecule has 2 aromatic rings. The maximum absolute atomic E-state index is 14.8. The smallest absolute Gasteiger partial charge is 0.317 e. The van der Waals surface area contributed by atoms with Crippen LogP contribution in [0.2, 0.25) is 0 Å². The Hall–Kier alpha value is -3.46. The van der Waals surface area contributed by atoms with E-state index in [4.69, 9.17) is 9.47 Å². The van der Waals surface area contributed by atoms with Gasteiger partial charge in [-0.1, -0.05) is 62.4 Å². The zero-order valence-electron chi connectivity index (χ0n) is 31.0. The van der Waals surface area contributed by atoms with Crippen molar-refractivity contribution in [3.63, 3.8) is 0 Å². The minimum absolute atomic E-state index is 0.00690. The van der Waals surface area contributed by atoms with Crippen LogP contribution in [0.3, 0.4) is 0 Å². The van der Waals surface area contributed by atoms with Crippen LogP contribution in [0, 0.1) is 33.5 Å². The van der Waals surface area contributed by atoms with E-state index in [-0.39, 0.29) is 41.7 Å². The summed E-state index contributed by atoms with van der Waals surface area (Å²) in [5, 5.41) is 27.2. The number of nitrogens with zero attached hydrogens (tertiary/aromatic N) is 1. The van der Waals surface area contributed by atoms with E-state index >= 15 is 0 Å². The molecule has 2 aromatic carbocycles. The first kappa shape index (κ1) is 35.9. The maximum atomic E-state index is 14.8. The van der Waals surface area contributed by atoms with Gasteiger partial charge in [-0.15, -0.1) is 0 Å². The van der Waals surface area contributed by atoms with Crippen molar-refractivity contribution in [2.45, 2.75) is 89.9 Å². The quantitative estimate of drug-likeness (QED) is 0.130. The maximum Gasteiger partial charge on any atom is 0.317 e. The summed E-state index contributed by atoms with van der Waals surface area (Å²) >= 11 is 0. The highest BCUT2D eigenvalue weighted by molar-refractivity contribution is 6.10. The number of amides is 2. The number of hydrogen-bond acceptors (Lipinski definition) is 6. The normalized spacial score (nSPS) is 36.7. The van der Waals surface area contributed by atoms with Crippen LogP contribution < -0.4 is 10.1 Å². The first-order chi connectivity index (χ1) is 24.4. The van der Waals surface area contributed by atoms with E-state index in [9.17, 15) is 19.8 Å². The zero-order chi connectivity index (χ0) is 36.2. The summed E-state index contributed by atoms with van der Waals surface area (Å²) < 4.78 is 10.8. The fraction of sp³-hybridized carbons (Fsp3) is 0.581. The molecular formula is C43H56N2O6. The molecule has 9 atom stereocenters. The fourth-order valence-corrected chi connectivity index (χ4v) is 11.6. The summed E-state index contributed by atoms with van der Waals surface area (Å²) in [7, 11) is 3.29. The second kappa shape index (κ2) is 13.2. The molecule has 3 saturated carbocycles. The van der Waals surface area contributed by atoms with Crippen molar-refractivity contribution in [1.82, 2.24) is 10.2 Å². The van der Waals surface area contributed by atoms with Crippen molar-refractivity contribution in [2.24, 2.45) is 33.5 Å². The molecule has 8 rings (SSSR count). The standard InChI is InChI=1S/C43H56N2O6/c1-29(30-10-7-6-8-11-30)44-38(48)45(24-9-25-50-4)28-42(49)21-18-36-40(42,3)20-17-35-39(2)19-16-32(46)26-41(39)22-23-43(35,36)34(27-41)37(47)31-12-14-33(51-5)15-13-31/h6-8,10-15,22-23,27,29,32,35-36,46,49H,9,16-21,24-26,28H2,1-5H3,(H,44,48). The molecule has 0 aromatic heterocycles. The molecule has 0 aliphatic heterocycles. The Morgan fingerprint density at radius 1 is 0.941 bits per heavy atom. The number of ketones is 1. The van der Waals surface area contributed by atoms with Gasteiger partial charge in [0.15, 0.2) is 5.78 Å². The number of rotatable bonds is 11. The molecule has 6 aliphatic carbocycles. The lowest BCUT2D eigenvalue weighted by molar-refractivity contribution is -0.174. The SMILES string of the molecule is COCCCN(CC1(O)CCC2C34C=CC5(C=C3C(=O)c3ccc(OC)cc3)CC(O)CCC5(C)C4CCC21C)C(=O)NC(C)c1ccccc1. The second-order valence-corrected chi connectivity index (χ2v) is 16.7. The Morgan fingerprint density at radius 3 is 2.33 bits per heavy atom. The van der Waals surface area contributed by atoms with E-state index in [1.807, 2.05) is 61.5 Å². The van der Waals surface area contributed by atoms with Crippen LogP contribution in [0.5, 0.6) is 5.75 Å². The minimum Gasteiger partial charge on any atom is -0.497 e. The van der Waals surface area contributed by atoms with Gasteiger partial charge in [-0.3, -0.25) is 4.79 Å². The predicted molar refractivity (Wildman–Crippen MR) is 197 cm³/mol. The van der Waals surface area contributed by atoms with Gasteiger partial charge in [0.1, 0.15) is 5.75 Å². The van der Waals surface area contributed by atoms with E-state index in [1.54, 1.807) is 19.1 Å². The summed E-state index contributed by atoms with van der Waals surface area (Å²) in [6.45, 7) is 7.79. The van der Waals surface area contributed by atoms with Crippen molar-refractivity contribution < 1.29 is 29.3 Å². The molecule has 8 nitrogen and oxygen atoms in total. The van der Waals surface area contributed by atoms with Gasteiger partial charge in [0.05, 0.1) is 31.4 Å². The molecule has 2 amide bonds. The number of aliphatic hydroxyl groups excluding tert-OH is 1. The number of fused-ring (bicyclic) bond motifs is 1. The van der Waals surface area contributed by atoms with Gasteiger partial charge in [-0.05, 0) is 105 Å². The van der Waals surface area contributed by atoms with Crippen LogP contribution in [0.1, 0.15) is 94.1 Å². The van der Waals surface area contributed by atoms with Gasteiger partial charge in [-0.2, -0.15) is 0 Å². The van der Waals surface area contributed by atoms with Crippen LogP contribution in [0.15, 0.2) is 78.4 Å². The molecular weight excluding hydrogens is 640 g/mol. The van der Waals surface area contributed by atoms with E-state index < -0.39 is 27.9 Å². The lowest BCUT2D eigenvalue weighted by Gasteiger charge is -2.71. The highest BCUT2D eigenvalue weighted by atomic mass is 16.5. The fourth-order valence-electron chi connectivity index (χ4n) is 11.6. The van der Waals surface area contributed by atoms with Crippen molar-refractivity contribution in [2.75, 3.05) is 33.9 Å². The van der Waals surface area contributed by atoms with Crippen LogP contribution >= 0.6 is 0 Å². The molecule has 0 heterocycles. The van der Waals surface area contributed by atoms with Gasteiger partial charge < -0.3 is 29.9 Å². The van der Waals surface area contributed by atoms with Gasteiger partial charge in [0.25, 0.3) is 0 Å². The Labute approximate surface area is 303 Å². The average molecular weight is 697 g/mol. The summed E-state index contributed by atoms with van der Waals surface area (Å²) in [6, 6.07) is 16.9. The zero-order valence-corrected chi connectivity index (χ0v) is 31.0. The molecule has 6 aliphatic rings. The van der Waals surface area contributed by atoms with Crippen molar-refractivity contribution in [1.29, 1.82) is 0 Å². The summed E-state index contributed by atoms with van der Waals surface area (Å²) in [5.41, 5.74) is -0.338. The Bertz CT molecular complexity index is 1690. The number of allylic oxidation sites excluding steroid dienone is 4. The lowest BCUT2D eigenvalue weighted by Crippen LogP contribution is -2.67. The highest BCUT2D eigenvalue weighted by Crippen LogP contribution is 2.78. The van der Waals surface area contributed by atoms with E-state index in [2.05, 4.69) is 37.4 Å². The Morgan fingerprint density at radius 2 is 1.63 bits per heavy atom. The van der Waals surface area contributed by atoms with Crippen LogP contribution in [0.4, 0.5) is 4.79 Å². The highest BCUT2D eigenvalue weighted by Gasteiger charge is 2.74. The number of hydrogen-bond donors (Lipinski definition) is 3. The van der Waals surface area contributed by atoms with Crippen molar-refractivity contribution in [3.8, 4) is 5.75 Å². The molecule has 8 heteroatoms. The van der Waals surface area contributed by atoms with E-state index in [0.717, 1.165) is 43.2 Å². The Kier molecular flexibility index (Phi) is 9.29. The second-order valence-electron chi connectivity index (χ2n) is 16.7. The predicted octanol–water partition coefficient (Wildman–Crippen LogP) is 7.28.